The summed E-state index contributed by atoms with van der Waals surface area (Å²) in [7, 11) is 0. The normalized spacial score (nSPS) is 16.7. The van der Waals surface area contributed by atoms with E-state index in [2.05, 4.69) is 49.4 Å². The van der Waals surface area contributed by atoms with Crippen LogP contribution >= 0.6 is 11.6 Å². The number of benzene rings is 2. The molecule has 2 aromatic rings. The zero-order chi connectivity index (χ0) is 13.9. The molecule has 0 spiro atoms. The summed E-state index contributed by atoms with van der Waals surface area (Å²) >= 11 is 6.77. The standard InChI is InChI=1S/C18H19ClO/c1-2-17(13-6-4-3-5-7-13)18(19)14-8-9-15-11-20-12-16(15)10-14/h3-10,17-18H,2,11-12H2,1H3. The Morgan fingerprint density at radius 2 is 1.75 bits per heavy atom. The Labute approximate surface area is 125 Å². The molecule has 1 heterocycles. The minimum atomic E-state index is 0.00769. The molecule has 0 aliphatic carbocycles. The lowest BCUT2D eigenvalue weighted by molar-refractivity contribution is 0.134. The molecule has 1 aliphatic rings. The van der Waals surface area contributed by atoms with Crippen molar-refractivity contribution in [2.24, 2.45) is 0 Å². The Kier molecular flexibility index (Phi) is 4.09. The molecule has 2 aromatic carbocycles. The number of hydrogen-bond acceptors (Lipinski definition) is 1. The van der Waals surface area contributed by atoms with E-state index in [1.807, 2.05) is 6.07 Å². The topological polar surface area (TPSA) is 9.23 Å². The third-order valence-electron chi connectivity index (χ3n) is 4.08. The second-order valence-corrected chi connectivity index (χ2v) is 5.82. The van der Waals surface area contributed by atoms with Gasteiger partial charge in [0.25, 0.3) is 0 Å². The maximum atomic E-state index is 6.77. The number of halogens is 1. The molecule has 0 aromatic heterocycles. The van der Waals surface area contributed by atoms with E-state index in [-0.39, 0.29) is 5.38 Å². The van der Waals surface area contributed by atoms with Gasteiger partial charge in [0.1, 0.15) is 0 Å². The van der Waals surface area contributed by atoms with Crippen LogP contribution in [-0.2, 0) is 18.0 Å². The Balaban J connectivity index is 1.89. The number of hydrogen-bond donors (Lipinski definition) is 0. The van der Waals surface area contributed by atoms with Crippen LogP contribution in [0.15, 0.2) is 48.5 Å². The van der Waals surface area contributed by atoms with Gasteiger partial charge in [0, 0.05) is 5.92 Å². The minimum absolute atomic E-state index is 0.00769. The summed E-state index contributed by atoms with van der Waals surface area (Å²) in [6.07, 6.45) is 1.03. The summed E-state index contributed by atoms with van der Waals surface area (Å²) in [5.74, 6) is 0.346. The average Bonchev–Trinajstić information content (AvgIpc) is 2.96. The lowest BCUT2D eigenvalue weighted by Crippen LogP contribution is -2.06. The van der Waals surface area contributed by atoms with E-state index in [9.17, 15) is 0 Å². The molecule has 2 atom stereocenters. The van der Waals surface area contributed by atoms with Gasteiger partial charge >= 0.3 is 0 Å². The zero-order valence-corrected chi connectivity index (χ0v) is 12.4. The van der Waals surface area contributed by atoms with E-state index in [1.165, 1.54) is 22.3 Å². The number of fused-ring (bicyclic) bond motifs is 1. The molecule has 0 fully saturated rings. The second-order valence-electron chi connectivity index (χ2n) is 5.35. The van der Waals surface area contributed by atoms with Crippen LogP contribution in [0.2, 0.25) is 0 Å². The van der Waals surface area contributed by atoms with Gasteiger partial charge in [-0.3, -0.25) is 0 Å². The van der Waals surface area contributed by atoms with Crippen molar-refractivity contribution in [2.75, 3.05) is 0 Å². The van der Waals surface area contributed by atoms with Crippen molar-refractivity contribution in [2.45, 2.75) is 37.9 Å². The highest BCUT2D eigenvalue weighted by molar-refractivity contribution is 6.21. The van der Waals surface area contributed by atoms with Crippen molar-refractivity contribution in [3.63, 3.8) is 0 Å². The first-order valence-electron chi connectivity index (χ1n) is 7.18. The molecule has 1 aliphatic heterocycles. The SMILES string of the molecule is CCC(c1ccccc1)C(Cl)c1ccc2c(c1)COC2. The van der Waals surface area contributed by atoms with E-state index in [4.69, 9.17) is 16.3 Å². The van der Waals surface area contributed by atoms with Gasteiger partial charge in [-0.15, -0.1) is 11.6 Å². The van der Waals surface area contributed by atoms with Gasteiger partial charge in [0.2, 0.25) is 0 Å². The van der Waals surface area contributed by atoms with Crippen molar-refractivity contribution in [3.05, 3.63) is 70.8 Å². The molecule has 2 heteroatoms. The summed E-state index contributed by atoms with van der Waals surface area (Å²) in [6, 6.07) is 17.1. The van der Waals surface area contributed by atoms with Crippen molar-refractivity contribution in [1.82, 2.24) is 0 Å². The Hall–Kier alpha value is -1.31. The van der Waals surface area contributed by atoms with E-state index in [0.717, 1.165) is 19.6 Å². The molecule has 104 valence electrons. The van der Waals surface area contributed by atoms with Gasteiger partial charge in [-0.2, -0.15) is 0 Å². The fourth-order valence-corrected chi connectivity index (χ4v) is 3.37. The van der Waals surface area contributed by atoms with Crippen LogP contribution in [0, 0.1) is 0 Å². The quantitative estimate of drug-likeness (QED) is 0.703. The van der Waals surface area contributed by atoms with E-state index in [1.54, 1.807) is 0 Å². The molecular weight excluding hydrogens is 268 g/mol. The number of rotatable bonds is 4. The van der Waals surface area contributed by atoms with Crippen LogP contribution in [0.1, 0.15) is 46.9 Å². The minimum Gasteiger partial charge on any atom is -0.372 e. The average molecular weight is 287 g/mol. The van der Waals surface area contributed by atoms with E-state index < -0.39 is 0 Å². The highest BCUT2D eigenvalue weighted by Crippen LogP contribution is 2.39. The van der Waals surface area contributed by atoms with Crippen molar-refractivity contribution < 1.29 is 4.74 Å². The molecule has 2 unspecified atom stereocenters. The largest absolute Gasteiger partial charge is 0.372 e. The zero-order valence-electron chi connectivity index (χ0n) is 11.7. The summed E-state index contributed by atoms with van der Waals surface area (Å²) in [4.78, 5) is 0. The summed E-state index contributed by atoms with van der Waals surface area (Å²) < 4.78 is 5.48. The van der Waals surface area contributed by atoms with Crippen LogP contribution in [-0.4, -0.2) is 0 Å². The first kappa shape index (κ1) is 13.7. The van der Waals surface area contributed by atoms with Crippen LogP contribution in [0.3, 0.4) is 0 Å². The summed E-state index contributed by atoms with van der Waals surface area (Å²) in [5.41, 5.74) is 5.10. The molecule has 0 saturated heterocycles. The lowest BCUT2D eigenvalue weighted by Gasteiger charge is -2.22. The maximum absolute atomic E-state index is 6.77. The van der Waals surface area contributed by atoms with Crippen LogP contribution < -0.4 is 0 Å². The maximum Gasteiger partial charge on any atom is 0.0725 e. The molecule has 20 heavy (non-hydrogen) atoms. The predicted molar refractivity (Wildman–Crippen MR) is 83.0 cm³/mol. The molecule has 0 radical (unpaired) electrons. The fourth-order valence-electron chi connectivity index (χ4n) is 2.91. The Morgan fingerprint density at radius 3 is 2.50 bits per heavy atom. The molecule has 3 rings (SSSR count). The number of alkyl halides is 1. The highest BCUT2D eigenvalue weighted by Gasteiger charge is 2.22. The molecule has 0 amide bonds. The van der Waals surface area contributed by atoms with Crippen molar-refractivity contribution >= 4 is 11.6 Å². The molecule has 0 bridgehead atoms. The Morgan fingerprint density at radius 1 is 1.00 bits per heavy atom. The van der Waals surface area contributed by atoms with Crippen LogP contribution in [0.5, 0.6) is 0 Å². The fraction of sp³-hybridized carbons (Fsp3) is 0.333. The third kappa shape index (κ3) is 2.61. The van der Waals surface area contributed by atoms with Gasteiger partial charge in [0.15, 0.2) is 0 Å². The predicted octanol–water partition coefficient (Wildman–Crippen LogP) is 5.19. The third-order valence-corrected chi connectivity index (χ3v) is 4.64. The van der Waals surface area contributed by atoms with Gasteiger partial charge in [-0.05, 0) is 28.7 Å². The molecule has 0 saturated carbocycles. The van der Waals surface area contributed by atoms with Crippen LogP contribution in [0.4, 0.5) is 0 Å². The Bertz CT molecular complexity index is 579. The van der Waals surface area contributed by atoms with Gasteiger partial charge in [0.05, 0.1) is 18.6 Å². The van der Waals surface area contributed by atoms with Gasteiger partial charge < -0.3 is 4.74 Å². The van der Waals surface area contributed by atoms with Crippen LogP contribution in [0.25, 0.3) is 0 Å². The summed E-state index contributed by atoms with van der Waals surface area (Å²) in [6.45, 7) is 3.65. The monoisotopic (exact) mass is 286 g/mol. The first-order chi connectivity index (χ1) is 9.79. The van der Waals surface area contributed by atoms with E-state index >= 15 is 0 Å². The molecule has 1 nitrogen and oxygen atoms in total. The van der Waals surface area contributed by atoms with Gasteiger partial charge in [-0.1, -0.05) is 55.5 Å². The second kappa shape index (κ2) is 5.99. The van der Waals surface area contributed by atoms with E-state index in [0.29, 0.717) is 5.92 Å². The lowest BCUT2D eigenvalue weighted by atomic mass is 9.88. The highest BCUT2D eigenvalue weighted by atomic mass is 35.5. The van der Waals surface area contributed by atoms with Gasteiger partial charge in [-0.25, -0.2) is 0 Å². The summed E-state index contributed by atoms with van der Waals surface area (Å²) in [5, 5.41) is 0.00769. The smallest absolute Gasteiger partial charge is 0.0725 e. The van der Waals surface area contributed by atoms with Crippen molar-refractivity contribution in [1.29, 1.82) is 0 Å². The molecular formula is C18H19ClO. The first-order valence-corrected chi connectivity index (χ1v) is 7.61. The van der Waals surface area contributed by atoms with Crippen molar-refractivity contribution in [3.8, 4) is 0 Å². The number of ether oxygens (including phenoxy) is 1. The molecule has 0 N–H and O–H groups in total.